The van der Waals surface area contributed by atoms with Crippen LogP contribution in [0.3, 0.4) is 0 Å². The number of carbonyl (C=O) groups excluding carboxylic acids is 4. The second-order valence-corrected chi connectivity index (χ2v) is 17.5. The van der Waals surface area contributed by atoms with Crippen molar-refractivity contribution in [1.29, 1.82) is 0 Å². The zero-order valence-corrected chi connectivity index (χ0v) is 33.4. The topological polar surface area (TPSA) is 135 Å². The van der Waals surface area contributed by atoms with Crippen LogP contribution >= 0.6 is 15.9 Å². The van der Waals surface area contributed by atoms with Crippen LogP contribution in [0, 0.1) is 23.2 Å². The van der Waals surface area contributed by atoms with Crippen molar-refractivity contribution >= 4 is 39.6 Å². The van der Waals surface area contributed by atoms with E-state index >= 15 is 9.59 Å². The van der Waals surface area contributed by atoms with Gasteiger partial charge in [-0.2, -0.15) is 0 Å². The van der Waals surface area contributed by atoms with Gasteiger partial charge >= 0.3 is 5.97 Å². The Kier molecular flexibility index (Phi) is 12.1. The van der Waals surface area contributed by atoms with Gasteiger partial charge in [0.25, 0.3) is 0 Å². The van der Waals surface area contributed by atoms with Gasteiger partial charge < -0.3 is 34.4 Å². The molecule has 12 heteroatoms. The molecule has 1 spiro atoms. The predicted octanol–water partition coefficient (Wildman–Crippen LogP) is 5.08. The fourth-order valence-electron chi connectivity index (χ4n) is 8.96. The number of aliphatic hydroxyl groups excluding tert-OH is 1. The zero-order valence-electron chi connectivity index (χ0n) is 31.8. The molecule has 0 saturated carbocycles. The van der Waals surface area contributed by atoms with Crippen molar-refractivity contribution in [2.24, 2.45) is 23.2 Å². The molecular formula is C40H56BrN3O8. The lowest BCUT2D eigenvalue weighted by Crippen LogP contribution is -2.63. The average Bonchev–Trinajstić information content (AvgIpc) is 3.67. The molecule has 2 fully saturated rings. The van der Waals surface area contributed by atoms with Crippen LogP contribution in [0.15, 0.2) is 53.0 Å². The number of hydrogen-bond donors (Lipinski definition) is 2. The molecule has 2 saturated heterocycles. The van der Waals surface area contributed by atoms with E-state index in [9.17, 15) is 14.7 Å². The highest BCUT2D eigenvalue weighted by Gasteiger charge is 2.76. The van der Waals surface area contributed by atoms with Crippen LogP contribution in [0.5, 0.6) is 0 Å². The summed E-state index contributed by atoms with van der Waals surface area (Å²) in [5, 5.41) is 13.9. The summed E-state index contributed by atoms with van der Waals surface area (Å²) in [6.07, 6.45) is 5.63. The van der Waals surface area contributed by atoms with E-state index in [1.165, 1.54) is 12.0 Å². The number of cyclic esters (lactones) is 1. The SMILES string of the molecule is CC[C@H](C)[C@H](CO)N1C(=O)[C@@H]2[C@H]3C(=O)O[C@@H](c4ccccc4)[C@H](COC)NC(=O)CC/C=C\CN(C(C)(C)CC(C)(C)C)C(=O)[C@@H]1[C@]21C=C(Br)[C@H]3O1. The largest absolute Gasteiger partial charge is 0.455 e. The molecule has 11 nitrogen and oxygen atoms in total. The van der Waals surface area contributed by atoms with Gasteiger partial charge in [0, 0.05) is 30.1 Å². The first kappa shape index (κ1) is 40.1. The lowest BCUT2D eigenvalue weighted by molar-refractivity contribution is -0.163. The summed E-state index contributed by atoms with van der Waals surface area (Å²) in [6.45, 7) is 14.3. The summed E-state index contributed by atoms with van der Waals surface area (Å²) in [6, 6.07) is 6.52. The molecule has 1 aromatic carbocycles. The zero-order chi connectivity index (χ0) is 38.2. The summed E-state index contributed by atoms with van der Waals surface area (Å²) in [5.41, 5.74) is -1.69. The number of hydrogen-bond acceptors (Lipinski definition) is 8. The maximum absolute atomic E-state index is 15.4. The van der Waals surface area contributed by atoms with Crippen LogP contribution in [0.1, 0.15) is 85.8 Å². The summed E-state index contributed by atoms with van der Waals surface area (Å²) < 4.78 is 19.2. The molecule has 1 aromatic rings. The Bertz CT molecular complexity index is 1560. The van der Waals surface area contributed by atoms with Crippen molar-refractivity contribution in [2.75, 3.05) is 26.9 Å². The van der Waals surface area contributed by atoms with Gasteiger partial charge in [0.1, 0.15) is 29.8 Å². The molecule has 3 amide bonds. The number of allylic oxidation sites excluding steroid dienone is 1. The normalized spacial score (nSPS) is 31.9. The summed E-state index contributed by atoms with van der Waals surface area (Å²) in [7, 11) is 1.52. The van der Waals surface area contributed by atoms with Crippen molar-refractivity contribution in [1.82, 2.24) is 15.1 Å². The Balaban J connectivity index is 1.70. The molecule has 4 heterocycles. The number of nitrogens with zero attached hydrogens (tertiary/aromatic N) is 2. The smallest absolute Gasteiger partial charge is 0.313 e. The number of halogens is 1. The quantitative estimate of drug-likeness (QED) is 0.262. The van der Waals surface area contributed by atoms with E-state index in [1.807, 2.05) is 70.2 Å². The Morgan fingerprint density at radius 3 is 2.37 bits per heavy atom. The van der Waals surface area contributed by atoms with Crippen molar-refractivity contribution in [3.05, 3.63) is 58.6 Å². The third-order valence-corrected chi connectivity index (χ3v) is 11.8. The Morgan fingerprint density at radius 1 is 1.06 bits per heavy atom. The third-order valence-electron chi connectivity index (χ3n) is 11.1. The van der Waals surface area contributed by atoms with E-state index < -0.39 is 65.2 Å². The van der Waals surface area contributed by atoms with Gasteiger partial charge in [-0.25, -0.2) is 0 Å². The van der Waals surface area contributed by atoms with E-state index in [0.717, 1.165) is 0 Å². The fraction of sp³-hybridized carbons (Fsp3) is 0.650. The van der Waals surface area contributed by atoms with E-state index in [1.54, 1.807) is 11.0 Å². The molecule has 0 aliphatic carbocycles. The number of ether oxygens (including phenoxy) is 3. The second kappa shape index (κ2) is 15.7. The Labute approximate surface area is 316 Å². The van der Waals surface area contributed by atoms with Crippen molar-refractivity contribution < 1.29 is 38.5 Å². The van der Waals surface area contributed by atoms with Gasteiger partial charge in [-0.05, 0) is 49.7 Å². The minimum atomic E-state index is -1.50. The number of benzene rings is 1. The molecule has 286 valence electrons. The predicted molar refractivity (Wildman–Crippen MR) is 200 cm³/mol. The van der Waals surface area contributed by atoms with Crippen molar-refractivity contribution in [3.63, 3.8) is 0 Å². The lowest BCUT2D eigenvalue weighted by Gasteiger charge is -2.46. The summed E-state index contributed by atoms with van der Waals surface area (Å²) >= 11 is 3.65. The van der Waals surface area contributed by atoms with Crippen LogP contribution in [-0.2, 0) is 33.4 Å². The lowest BCUT2D eigenvalue weighted by atomic mass is 9.74. The van der Waals surface area contributed by atoms with Gasteiger partial charge in [0.2, 0.25) is 17.7 Å². The van der Waals surface area contributed by atoms with E-state index in [-0.39, 0.29) is 49.3 Å². The number of esters is 1. The standard InChI is InChI=1S/C40H56BrN3O8/c1-9-24(2)28(21-45)44-34-36(48)43(39(6,7)23-38(3,4)5)19-15-11-14-18-29(46)42-27(22-50-8)32(25-16-12-10-13-17-25)51-37(49)30-31(35(44)47)40(34)20-26(41)33(30)52-40/h10-13,15-17,20,24,27-28,30-34,45H,9,14,18-19,21-23H2,1-8H3,(H,42,46)/b15-11-/t24-,27-,28-,30+,31-,32-,33+,34+,40-/m0/s1. The van der Waals surface area contributed by atoms with Gasteiger partial charge in [0.15, 0.2) is 0 Å². The van der Waals surface area contributed by atoms with Crippen LogP contribution < -0.4 is 5.32 Å². The maximum atomic E-state index is 15.4. The molecule has 52 heavy (non-hydrogen) atoms. The number of rotatable bonds is 9. The molecule has 5 rings (SSSR count). The average molecular weight is 787 g/mol. The first-order valence-electron chi connectivity index (χ1n) is 18.5. The number of likely N-dealkylation sites (tertiary alicyclic amines) is 1. The van der Waals surface area contributed by atoms with Crippen LogP contribution in [0.2, 0.25) is 0 Å². The molecule has 9 atom stereocenters. The van der Waals surface area contributed by atoms with E-state index in [4.69, 9.17) is 14.2 Å². The molecule has 2 N–H and O–H groups in total. The highest BCUT2D eigenvalue weighted by Crippen LogP contribution is 2.60. The second-order valence-electron chi connectivity index (χ2n) is 16.6. The van der Waals surface area contributed by atoms with Gasteiger partial charge in [-0.15, -0.1) is 0 Å². The minimum Gasteiger partial charge on any atom is -0.455 e. The molecule has 0 unspecified atom stereocenters. The van der Waals surface area contributed by atoms with E-state index in [2.05, 4.69) is 42.0 Å². The summed E-state index contributed by atoms with van der Waals surface area (Å²) in [4.78, 5) is 61.8. The monoisotopic (exact) mass is 785 g/mol. The fourth-order valence-corrected chi connectivity index (χ4v) is 9.69. The van der Waals surface area contributed by atoms with Crippen LogP contribution in [0.4, 0.5) is 0 Å². The molecule has 5 bridgehead atoms. The molecule has 0 radical (unpaired) electrons. The molecule has 4 aliphatic rings. The van der Waals surface area contributed by atoms with Gasteiger partial charge in [0.05, 0.1) is 31.2 Å². The highest BCUT2D eigenvalue weighted by atomic mass is 79.9. The van der Waals surface area contributed by atoms with Gasteiger partial charge in [-0.1, -0.05) is 99.5 Å². The molecular weight excluding hydrogens is 730 g/mol. The first-order valence-corrected chi connectivity index (χ1v) is 19.3. The first-order chi connectivity index (χ1) is 24.5. The Hall–Kier alpha value is -3.06. The number of methoxy groups -OCH3 is 1. The minimum absolute atomic E-state index is 0.0597. The molecule has 0 aromatic heterocycles. The number of carbonyl (C=O) groups is 4. The number of nitrogens with one attached hydrogen (secondary N) is 1. The highest BCUT2D eigenvalue weighted by molar-refractivity contribution is 9.11. The van der Waals surface area contributed by atoms with Crippen LogP contribution in [0.25, 0.3) is 0 Å². The maximum Gasteiger partial charge on any atom is 0.313 e. The third kappa shape index (κ3) is 7.63. The van der Waals surface area contributed by atoms with Crippen molar-refractivity contribution in [3.8, 4) is 0 Å². The molecule has 4 aliphatic heterocycles. The number of fused-ring (bicyclic) bond motifs is 2. The van der Waals surface area contributed by atoms with Crippen LogP contribution in [-0.4, -0.2) is 101 Å². The van der Waals surface area contributed by atoms with Crippen molar-refractivity contribution in [2.45, 2.75) is 116 Å². The number of amides is 3. The Morgan fingerprint density at radius 2 is 1.75 bits per heavy atom. The van der Waals surface area contributed by atoms with Gasteiger partial charge in [-0.3, -0.25) is 19.2 Å². The summed E-state index contributed by atoms with van der Waals surface area (Å²) in [5.74, 6) is -4.05. The number of aliphatic hydroxyl groups is 1. The van der Waals surface area contributed by atoms with E-state index in [0.29, 0.717) is 29.3 Å².